The third-order valence-electron chi connectivity index (χ3n) is 4.19. The van der Waals surface area contributed by atoms with Crippen LogP contribution < -0.4 is 26.6 Å². The van der Waals surface area contributed by atoms with Gasteiger partial charge in [0.2, 0.25) is 5.91 Å². The number of hydrogen-bond donors (Lipinski definition) is 5. The van der Waals surface area contributed by atoms with Crippen molar-refractivity contribution in [3.63, 3.8) is 0 Å². The molecule has 9 nitrogen and oxygen atoms in total. The van der Waals surface area contributed by atoms with E-state index in [0.717, 1.165) is 0 Å². The highest BCUT2D eigenvalue weighted by Gasteiger charge is 2.36. The molecule has 0 aromatic heterocycles. The second-order valence-corrected chi connectivity index (χ2v) is 7.25. The van der Waals surface area contributed by atoms with Crippen LogP contribution in [0.15, 0.2) is 0 Å². The average Bonchev–Trinajstić information content (AvgIpc) is 2.56. The molecule has 26 heavy (non-hydrogen) atoms. The van der Waals surface area contributed by atoms with Gasteiger partial charge in [-0.2, -0.15) is 0 Å². The smallest absolute Gasteiger partial charge is 0.318 e. The number of amides is 3. The fourth-order valence-electron chi connectivity index (χ4n) is 2.44. The van der Waals surface area contributed by atoms with E-state index in [4.69, 9.17) is 0 Å². The molecule has 0 heterocycles. The van der Waals surface area contributed by atoms with Gasteiger partial charge in [-0.15, -0.1) is 0 Å². The minimum Gasteiger partial charge on any atom is -0.326 e. The first-order valence-corrected chi connectivity index (χ1v) is 8.70. The number of rotatable bonds is 11. The lowest BCUT2D eigenvalue weighted by Gasteiger charge is -2.35. The van der Waals surface area contributed by atoms with Crippen LogP contribution in [0.2, 0.25) is 0 Å². The van der Waals surface area contributed by atoms with E-state index in [2.05, 4.69) is 26.6 Å². The summed E-state index contributed by atoms with van der Waals surface area (Å²) < 4.78 is 0. The van der Waals surface area contributed by atoms with Crippen molar-refractivity contribution in [1.29, 1.82) is 0 Å². The van der Waals surface area contributed by atoms with Crippen molar-refractivity contribution in [2.24, 2.45) is 11.8 Å². The fourth-order valence-corrected chi connectivity index (χ4v) is 2.44. The molecule has 0 saturated carbocycles. The molecule has 0 saturated heterocycles. The third-order valence-corrected chi connectivity index (χ3v) is 4.19. The molecule has 0 aliphatic rings. The molecular formula is C17H33N5O4. The summed E-state index contributed by atoms with van der Waals surface area (Å²) in [5.74, 6) is -0.380. The van der Waals surface area contributed by atoms with Crippen molar-refractivity contribution in [3.05, 3.63) is 0 Å². The standard InChI is InChI=1S/C17H33N5O4/c1-11(2)8-13(18-6)14(25)20-16(5,9-23)21-15(26)22-17(10-24,19-7)12(3)4/h9-13,18-19H,8H2,1-7H3,(H,20,25)(H2,21,22,26). The first kappa shape index (κ1) is 24.0. The molecule has 0 spiro atoms. The van der Waals surface area contributed by atoms with Crippen molar-refractivity contribution in [2.45, 2.75) is 58.4 Å². The van der Waals surface area contributed by atoms with Crippen molar-refractivity contribution in [1.82, 2.24) is 26.6 Å². The van der Waals surface area contributed by atoms with Crippen LogP contribution in [0.3, 0.4) is 0 Å². The topological polar surface area (TPSA) is 128 Å². The molecule has 0 rings (SSSR count). The molecule has 3 unspecified atom stereocenters. The second kappa shape index (κ2) is 10.2. The lowest BCUT2D eigenvalue weighted by atomic mass is 9.98. The van der Waals surface area contributed by atoms with Gasteiger partial charge in [0.05, 0.1) is 6.04 Å². The maximum Gasteiger partial charge on any atom is 0.318 e. The van der Waals surface area contributed by atoms with Gasteiger partial charge in [-0.1, -0.05) is 27.7 Å². The monoisotopic (exact) mass is 371 g/mol. The Morgan fingerprint density at radius 3 is 1.88 bits per heavy atom. The van der Waals surface area contributed by atoms with Crippen LogP contribution in [0.5, 0.6) is 0 Å². The van der Waals surface area contributed by atoms with E-state index in [1.54, 1.807) is 27.9 Å². The van der Waals surface area contributed by atoms with E-state index in [0.29, 0.717) is 19.0 Å². The SMILES string of the molecule is CNC(CC(C)C)C(=O)NC(C)(C=O)NC(=O)NC(C=O)(NC)C(C)C. The highest BCUT2D eigenvalue weighted by Crippen LogP contribution is 2.11. The Morgan fingerprint density at radius 2 is 1.54 bits per heavy atom. The van der Waals surface area contributed by atoms with Crippen molar-refractivity contribution < 1.29 is 19.2 Å². The molecular weight excluding hydrogens is 338 g/mol. The van der Waals surface area contributed by atoms with Gasteiger partial charge in [0.25, 0.3) is 0 Å². The Balaban J connectivity index is 5.15. The number of likely N-dealkylation sites (N-methyl/N-ethyl adjacent to an activating group) is 2. The highest BCUT2D eigenvalue weighted by molar-refractivity contribution is 5.89. The number of carbonyl (C=O) groups is 4. The quantitative estimate of drug-likeness (QED) is 0.251. The Hall–Kier alpha value is -2.00. The van der Waals surface area contributed by atoms with Crippen LogP contribution in [0.1, 0.15) is 41.0 Å². The lowest BCUT2D eigenvalue weighted by molar-refractivity contribution is -0.128. The number of nitrogens with one attached hydrogen (secondary N) is 5. The van der Waals surface area contributed by atoms with Gasteiger partial charge < -0.3 is 21.3 Å². The van der Waals surface area contributed by atoms with Gasteiger partial charge in [0.1, 0.15) is 0 Å². The first-order valence-electron chi connectivity index (χ1n) is 8.70. The minimum absolute atomic E-state index is 0.243. The van der Waals surface area contributed by atoms with Crippen molar-refractivity contribution in [3.8, 4) is 0 Å². The van der Waals surface area contributed by atoms with E-state index in [1.807, 2.05) is 13.8 Å². The highest BCUT2D eigenvalue weighted by atomic mass is 16.2. The summed E-state index contributed by atoms with van der Waals surface area (Å²) in [5, 5.41) is 13.1. The average molecular weight is 371 g/mol. The predicted octanol–water partition coefficient (Wildman–Crippen LogP) is -0.278. The zero-order valence-corrected chi connectivity index (χ0v) is 16.7. The van der Waals surface area contributed by atoms with Crippen LogP contribution >= 0.6 is 0 Å². The number of hydrogen-bond acceptors (Lipinski definition) is 6. The molecule has 3 atom stereocenters. The summed E-state index contributed by atoms with van der Waals surface area (Å²) in [6, 6.07) is -1.26. The molecule has 0 radical (unpaired) electrons. The van der Waals surface area contributed by atoms with E-state index >= 15 is 0 Å². The van der Waals surface area contributed by atoms with Crippen molar-refractivity contribution in [2.75, 3.05) is 14.1 Å². The second-order valence-electron chi connectivity index (χ2n) is 7.25. The van der Waals surface area contributed by atoms with E-state index in [9.17, 15) is 19.2 Å². The van der Waals surface area contributed by atoms with Gasteiger partial charge in [0, 0.05) is 0 Å². The van der Waals surface area contributed by atoms with Crippen LogP contribution in [-0.4, -0.2) is 56.0 Å². The van der Waals surface area contributed by atoms with Crippen LogP contribution in [0.4, 0.5) is 4.79 Å². The minimum atomic E-state index is -1.62. The lowest BCUT2D eigenvalue weighted by Crippen LogP contribution is -2.69. The Labute approximate surface area is 155 Å². The van der Waals surface area contributed by atoms with Gasteiger partial charge in [-0.3, -0.25) is 19.7 Å². The van der Waals surface area contributed by atoms with Gasteiger partial charge in [-0.25, -0.2) is 4.79 Å². The summed E-state index contributed by atoms with van der Waals surface area (Å²) >= 11 is 0. The van der Waals surface area contributed by atoms with E-state index in [-0.39, 0.29) is 11.8 Å². The first-order chi connectivity index (χ1) is 12.0. The van der Waals surface area contributed by atoms with Crippen LogP contribution in [-0.2, 0) is 14.4 Å². The third kappa shape index (κ3) is 6.72. The Bertz CT molecular complexity index is 511. The molecule has 0 aliphatic heterocycles. The Kier molecular flexibility index (Phi) is 9.44. The molecule has 5 N–H and O–H groups in total. The maximum atomic E-state index is 12.4. The fraction of sp³-hybridized carbons (Fsp3) is 0.765. The summed E-state index contributed by atoms with van der Waals surface area (Å²) in [7, 11) is 3.19. The van der Waals surface area contributed by atoms with Gasteiger partial charge in [-0.05, 0) is 39.3 Å². The number of carbonyl (C=O) groups excluding carboxylic acids is 4. The summed E-state index contributed by atoms with van der Waals surface area (Å²) in [6.07, 6.45) is 1.60. The zero-order valence-electron chi connectivity index (χ0n) is 16.7. The van der Waals surface area contributed by atoms with Crippen LogP contribution in [0.25, 0.3) is 0 Å². The van der Waals surface area contributed by atoms with Crippen LogP contribution in [0, 0.1) is 11.8 Å². The molecule has 3 amide bonds. The largest absolute Gasteiger partial charge is 0.326 e. The normalized spacial score (nSPS) is 17.0. The number of urea groups is 1. The summed E-state index contributed by atoms with van der Waals surface area (Å²) in [4.78, 5) is 47.6. The molecule has 0 bridgehead atoms. The molecule has 150 valence electrons. The Morgan fingerprint density at radius 1 is 0.962 bits per heavy atom. The van der Waals surface area contributed by atoms with E-state index in [1.165, 1.54) is 6.92 Å². The van der Waals surface area contributed by atoms with E-state index < -0.39 is 29.3 Å². The predicted molar refractivity (Wildman–Crippen MR) is 99.3 cm³/mol. The molecule has 0 aliphatic carbocycles. The van der Waals surface area contributed by atoms with Gasteiger partial charge >= 0.3 is 6.03 Å². The zero-order chi connectivity index (χ0) is 20.5. The molecule has 0 fully saturated rings. The van der Waals surface area contributed by atoms with Crippen molar-refractivity contribution >= 4 is 24.5 Å². The maximum absolute atomic E-state index is 12.4. The summed E-state index contributed by atoms with van der Waals surface area (Å²) in [6.45, 7) is 8.84. The molecule has 0 aromatic rings. The van der Waals surface area contributed by atoms with Gasteiger partial charge in [0.15, 0.2) is 23.9 Å². The summed E-state index contributed by atoms with van der Waals surface area (Å²) in [5.41, 5.74) is -2.91. The molecule has 9 heteroatoms. The number of aldehydes is 2. The molecule has 0 aromatic carbocycles.